The fourth-order valence-corrected chi connectivity index (χ4v) is 1.09. The van der Waals surface area contributed by atoms with Crippen molar-refractivity contribution in [1.29, 1.82) is 5.26 Å². The summed E-state index contributed by atoms with van der Waals surface area (Å²) in [6.07, 6.45) is 0.665. The van der Waals surface area contributed by atoms with E-state index < -0.39 is 0 Å². The summed E-state index contributed by atoms with van der Waals surface area (Å²) < 4.78 is 0. The first-order valence-corrected chi connectivity index (χ1v) is 4.47. The fourth-order valence-electron chi connectivity index (χ4n) is 1.09. The molecule has 0 saturated carbocycles. The number of nitrogens with two attached hydrogens (primary N) is 1. The number of aryl methyl sites for hydroxylation is 1. The molecule has 0 radical (unpaired) electrons. The van der Waals surface area contributed by atoms with Crippen molar-refractivity contribution in [3.63, 3.8) is 0 Å². The highest BCUT2D eigenvalue weighted by atomic mass is 14.5. The summed E-state index contributed by atoms with van der Waals surface area (Å²) in [6.45, 7) is 2.54. The van der Waals surface area contributed by atoms with Crippen molar-refractivity contribution >= 4 is 0 Å². The number of rotatable bonds is 1. The Morgan fingerprint density at radius 3 is 2.79 bits per heavy atom. The fraction of sp³-hybridized carbons (Fsp3) is 0.250. The van der Waals surface area contributed by atoms with Crippen molar-refractivity contribution < 1.29 is 0 Å². The zero-order chi connectivity index (χ0) is 10.4. The van der Waals surface area contributed by atoms with Gasteiger partial charge in [-0.15, -0.1) is 0 Å². The molecule has 0 unspecified atom stereocenters. The van der Waals surface area contributed by atoms with Crippen molar-refractivity contribution in [2.24, 2.45) is 5.73 Å². The predicted octanol–water partition coefficient (Wildman–Crippen LogP) is 1.57. The summed E-state index contributed by atoms with van der Waals surface area (Å²) in [4.78, 5) is 0. The van der Waals surface area contributed by atoms with Gasteiger partial charge in [-0.3, -0.25) is 0 Å². The van der Waals surface area contributed by atoms with E-state index in [9.17, 15) is 0 Å². The topological polar surface area (TPSA) is 49.8 Å². The molecule has 2 N–H and O–H groups in total. The van der Waals surface area contributed by atoms with Gasteiger partial charge in [-0.05, 0) is 24.6 Å². The van der Waals surface area contributed by atoms with Crippen molar-refractivity contribution in [3.8, 4) is 17.9 Å². The maximum Gasteiger partial charge on any atom is 0.100 e. The lowest BCUT2D eigenvalue weighted by molar-refractivity contribution is 1.03. The molecule has 0 aliphatic carbocycles. The molecule has 0 fully saturated rings. The zero-order valence-electron chi connectivity index (χ0n) is 8.17. The third kappa shape index (κ3) is 2.62. The van der Waals surface area contributed by atoms with Gasteiger partial charge in [0.15, 0.2) is 0 Å². The first-order chi connectivity index (χ1) is 6.77. The van der Waals surface area contributed by atoms with Gasteiger partial charge in [-0.2, -0.15) is 5.26 Å². The highest BCUT2D eigenvalue weighted by Crippen LogP contribution is 2.09. The Kier molecular flexibility index (Phi) is 3.73. The molecule has 1 aromatic rings. The standard InChI is InChI=1S/C12H12N2/c1-10-5-6-12(9-14)11(8-10)4-2-3-7-13/h5-6,8H,3,7,13H2,1H3. The average Bonchev–Trinajstić information content (AvgIpc) is 2.19. The second-order valence-electron chi connectivity index (χ2n) is 3.00. The Labute approximate surface area is 84.4 Å². The van der Waals surface area contributed by atoms with Crippen LogP contribution in [0.1, 0.15) is 23.1 Å². The van der Waals surface area contributed by atoms with E-state index in [1.807, 2.05) is 19.1 Å². The molecular weight excluding hydrogens is 172 g/mol. The van der Waals surface area contributed by atoms with Crippen LogP contribution in [0, 0.1) is 30.1 Å². The van der Waals surface area contributed by atoms with Crippen LogP contribution in [0.5, 0.6) is 0 Å². The van der Waals surface area contributed by atoms with Crippen LogP contribution < -0.4 is 5.73 Å². The Morgan fingerprint density at radius 1 is 1.36 bits per heavy atom. The smallest absolute Gasteiger partial charge is 0.100 e. The molecule has 0 bridgehead atoms. The third-order valence-electron chi connectivity index (χ3n) is 1.79. The van der Waals surface area contributed by atoms with Gasteiger partial charge in [0.1, 0.15) is 6.07 Å². The van der Waals surface area contributed by atoms with E-state index >= 15 is 0 Å². The number of hydrogen-bond acceptors (Lipinski definition) is 2. The van der Waals surface area contributed by atoms with Crippen LogP contribution >= 0.6 is 0 Å². The summed E-state index contributed by atoms with van der Waals surface area (Å²) in [6, 6.07) is 7.74. The number of benzene rings is 1. The molecule has 1 rings (SSSR count). The lowest BCUT2D eigenvalue weighted by Gasteiger charge is -1.96. The van der Waals surface area contributed by atoms with E-state index in [2.05, 4.69) is 17.9 Å². The molecule has 0 saturated heterocycles. The molecule has 0 aromatic heterocycles. The van der Waals surface area contributed by atoms with E-state index in [0.29, 0.717) is 18.5 Å². The first kappa shape index (κ1) is 10.3. The highest BCUT2D eigenvalue weighted by molar-refractivity contribution is 5.49. The van der Waals surface area contributed by atoms with Crippen molar-refractivity contribution in [2.45, 2.75) is 13.3 Å². The van der Waals surface area contributed by atoms with Crippen LogP contribution in [-0.4, -0.2) is 6.54 Å². The summed E-state index contributed by atoms with van der Waals surface area (Å²) in [5.41, 5.74) is 7.86. The monoisotopic (exact) mass is 184 g/mol. The van der Waals surface area contributed by atoms with E-state index in [0.717, 1.165) is 11.1 Å². The number of nitriles is 1. The van der Waals surface area contributed by atoms with Gasteiger partial charge in [0.25, 0.3) is 0 Å². The second-order valence-corrected chi connectivity index (χ2v) is 3.00. The van der Waals surface area contributed by atoms with E-state index in [4.69, 9.17) is 11.0 Å². The Bertz CT molecular complexity index is 416. The van der Waals surface area contributed by atoms with Gasteiger partial charge < -0.3 is 5.73 Å². The Hall–Kier alpha value is -1.77. The normalized spacial score (nSPS) is 8.64. The van der Waals surface area contributed by atoms with E-state index in [1.165, 1.54) is 0 Å². The minimum absolute atomic E-state index is 0.556. The molecule has 1 aromatic carbocycles. The average molecular weight is 184 g/mol. The van der Waals surface area contributed by atoms with Gasteiger partial charge >= 0.3 is 0 Å². The lowest BCUT2D eigenvalue weighted by atomic mass is 10.1. The summed E-state index contributed by atoms with van der Waals surface area (Å²) in [7, 11) is 0. The van der Waals surface area contributed by atoms with Crippen molar-refractivity contribution in [1.82, 2.24) is 0 Å². The van der Waals surface area contributed by atoms with Gasteiger partial charge in [0, 0.05) is 18.5 Å². The molecule has 2 nitrogen and oxygen atoms in total. The predicted molar refractivity (Wildman–Crippen MR) is 56.4 cm³/mol. The molecule has 14 heavy (non-hydrogen) atoms. The van der Waals surface area contributed by atoms with Gasteiger partial charge in [-0.1, -0.05) is 17.9 Å². The lowest BCUT2D eigenvalue weighted by Crippen LogP contribution is -1.95. The third-order valence-corrected chi connectivity index (χ3v) is 1.79. The van der Waals surface area contributed by atoms with Crippen LogP contribution in [-0.2, 0) is 0 Å². The minimum Gasteiger partial charge on any atom is -0.330 e. The van der Waals surface area contributed by atoms with Gasteiger partial charge in [0.2, 0.25) is 0 Å². The van der Waals surface area contributed by atoms with Gasteiger partial charge in [0.05, 0.1) is 5.56 Å². The maximum atomic E-state index is 8.82. The maximum absolute atomic E-state index is 8.82. The molecule has 2 heteroatoms. The van der Waals surface area contributed by atoms with Crippen LogP contribution in [0.15, 0.2) is 18.2 Å². The molecule has 70 valence electrons. The van der Waals surface area contributed by atoms with Crippen LogP contribution in [0.4, 0.5) is 0 Å². The van der Waals surface area contributed by atoms with Crippen LogP contribution in [0.3, 0.4) is 0 Å². The van der Waals surface area contributed by atoms with Crippen molar-refractivity contribution in [2.75, 3.05) is 6.54 Å². The van der Waals surface area contributed by atoms with Crippen molar-refractivity contribution in [3.05, 3.63) is 34.9 Å². The zero-order valence-corrected chi connectivity index (χ0v) is 8.17. The Balaban J connectivity index is 3.02. The molecule has 0 atom stereocenters. The quantitative estimate of drug-likeness (QED) is 0.673. The molecular formula is C12H12N2. The van der Waals surface area contributed by atoms with E-state index in [-0.39, 0.29) is 0 Å². The summed E-state index contributed by atoms with van der Waals surface area (Å²) >= 11 is 0. The highest BCUT2D eigenvalue weighted by Gasteiger charge is 1.97. The minimum atomic E-state index is 0.556. The largest absolute Gasteiger partial charge is 0.330 e. The first-order valence-electron chi connectivity index (χ1n) is 4.47. The molecule has 0 aliphatic heterocycles. The molecule has 0 heterocycles. The molecule has 0 amide bonds. The van der Waals surface area contributed by atoms with Crippen LogP contribution in [0.25, 0.3) is 0 Å². The molecule has 0 aliphatic rings. The van der Waals surface area contributed by atoms with Crippen LogP contribution in [0.2, 0.25) is 0 Å². The summed E-state index contributed by atoms with van der Waals surface area (Å²) in [5, 5.41) is 8.82. The number of nitrogens with zero attached hydrogens (tertiary/aromatic N) is 1. The summed E-state index contributed by atoms with van der Waals surface area (Å²) in [5.74, 6) is 5.88. The molecule has 0 spiro atoms. The number of hydrogen-bond donors (Lipinski definition) is 1. The Morgan fingerprint density at radius 2 is 2.14 bits per heavy atom. The van der Waals surface area contributed by atoms with Gasteiger partial charge in [-0.25, -0.2) is 0 Å². The SMILES string of the molecule is Cc1ccc(C#N)c(C#CCCN)c1. The second kappa shape index (κ2) is 5.07. The van der Waals surface area contributed by atoms with E-state index in [1.54, 1.807) is 6.07 Å².